The number of aliphatic hydroxyl groups is 3. The van der Waals surface area contributed by atoms with E-state index in [9.17, 15) is 15.3 Å². The molecule has 0 bridgehead atoms. The van der Waals surface area contributed by atoms with Crippen molar-refractivity contribution in [3.8, 4) is 0 Å². The number of aliphatic hydroxyl groups excluding tert-OH is 2. The average Bonchev–Trinajstić information content (AvgIpc) is 2.08. The van der Waals surface area contributed by atoms with E-state index < -0.39 is 17.8 Å². The van der Waals surface area contributed by atoms with E-state index in [4.69, 9.17) is 0 Å². The van der Waals surface area contributed by atoms with Gasteiger partial charge in [0.2, 0.25) is 0 Å². The molecular formula is C10H18O3. The Bertz CT molecular complexity index is 214. The topological polar surface area (TPSA) is 60.7 Å². The first kappa shape index (κ1) is 10.7. The van der Waals surface area contributed by atoms with Crippen LogP contribution in [0.2, 0.25) is 0 Å². The van der Waals surface area contributed by atoms with Crippen molar-refractivity contribution in [3.63, 3.8) is 0 Å². The van der Waals surface area contributed by atoms with Crippen molar-refractivity contribution in [3.05, 3.63) is 12.2 Å². The quantitative estimate of drug-likeness (QED) is 0.521. The van der Waals surface area contributed by atoms with Gasteiger partial charge in [-0.05, 0) is 31.3 Å². The van der Waals surface area contributed by atoms with E-state index in [-0.39, 0.29) is 5.92 Å². The van der Waals surface area contributed by atoms with Gasteiger partial charge in [-0.1, -0.05) is 13.5 Å². The van der Waals surface area contributed by atoms with Gasteiger partial charge in [-0.2, -0.15) is 0 Å². The minimum atomic E-state index is -1.30. The first-order chi connectivity index (χ1) is 5.89. The molecule has 13 heavy (non-hydrogen) atoms. The van der Waals surface area contributed by atoms with Crippen LogP contribution in [0.3, 0.4) is 0 Å². The summed E-state index contributed by atoms with van der Waals surface area (Å²) >= 11 is 0. The molecule has 1 saturated carbocycles. The third-order valence-electron chi connectivity index (χ3n) is 3.12. The molecule has 0 heterocycles. The van der Waals surface area contributed by atoms with Crippen LogP contribution < -0.4 is 0 Å². The van der Waals surface area contributed by atoms with Crippen molar-refractivity contribution in [2.75, 3.05) is 0 Å². The Balaban J connectivity index is 2.85. The van der Waals surface area contributed by atoms with Gasteiger partial charge in [-0.25, -0.2) is 0 Å². The molecule has 0 aromatic heterocycles. The monoisotopic (exact) mass is 186 g/mol. The predicted octanol–water partition coefficient (Wildman–Crippen LogP) is 0.445. The third kappa shape index (κ3) is 1.64. The first-order valence-electron chi connectivity index (χ1n) is 4.64. The van der Waals surface area contributed by atoms with Crippen LogP contribution >= 0.6 is 0 Å². The maximum atomic E-state index is 10.00. The van der Waals surface area contributed by atoms with Crippen LogP contribution in [0, 0.1) is 5.92 Å². The molecule has 3 heteroatoms. The zero-order valence-corrected chi connectivity index (χ0v) is 8.20. The van der Waals surface area contributed by atoms with Gasteiger partial charge in [0.05, 0.1) is 6.10 Å². The van der Waals surface area contributed by atoms with Crippen LogP contribution in [0.4, 0.5) is 0 Å². The van der Waals surface area contributed by atoms with Gasteiger partial charge in [0.25, 0.3) is 0 Å². The molecule has 1 aliphatic carbocycles. The number of hydrogen-bond acceptors (Lipinski definition) is 3. The largest absolute Gasteiger partial charge is 0.390 e. The Labute approximate surface area is 78.7 Å². The molecule has 76 valence electrons. The highest BCUT2D eigenvalue weighted by Crippen LogP contribution is 2.36. The molecule has 3 N–H and O–H groups in total. The summed E-state index contributed by atoms with van der Waals surface area (Å²) in [6, 6.07) is 0. The van der Waals surface area contributed by atoms with E-state index in [0.29, 0.717) is 18.4 Å². The van der Waals surface area contributed by atoms with Crippen molar-refractivity contribution >= 4 is 0 Å². The normalized spacial score (nSPS) is 46.1. The molecule has 1 fully saturated rings. The highest BCUT2D eigenvalue weighted by atomic mass is 16.4. The summed E-state index contributed by atoms with van der Waals surface area (Å²) in [5.41, 5.74) is -0.780. The average molecular weight is 186 g/mol. The number of hydrogen-bond donors (Lipinski definition) is 3. The standard InChI is InChI=1S/C10H18O3/c1-6(2)10(13)5-4-7(3)8(11)9(10)12/h7-9,11-13H,1,4-5H2,2-3H3/t7?,8?,9?,10-/m1/s1. The van der Waals surface area contributed by atoms with E-state index >= 15 is 0 Å². The lowest BCUT2D eigenvalue weighted by molar-refractivity contribution is -0.148. The van der Waals surface area contributed by atoms with Crippen molar-refractivity contribution in [2.24, 2.45) is 5.92 Å². The van der Waals surface area contributed by atoms with E-state index in [2.05, 4.69) is 6.58 Å². The summed E-state index contributed by atoms with van der Waals surface area (Å²) < 4.78 is 0. The first-order valence-corrected chi connectivity index (χ1v) is 4.64. The molecule has 1 aliphatic rings. The van der Waals surface area contributed by atoms with Crippen LogP contribution in [0.25, 0.3) is 0 Å². The summed E-state index contributed by atoms with van der Waals surface area (Å²) in [4.78, 5) is 0. The fraction of sp³-hybridized carbons (Fsp3) is 0.800. The van der Waals surface area contributed by atoms with Crippen LogP contribution in [0.1, 0.15) is 26.7 Å². The molecule has 0 aromatic rings. The summed E-state index contributed by atoms with van der Waals surface area (Å²) in [6.45, 7) is 7.18. The minimum Gasteiger partial charge on any atom is -0.390 e. The van der Waals surface area contributed by atoms with Gasteiger partial charge in [-0.15, -0.1) is 0 Å². The fourth-order valence-electron chi connectivity index (χ4n) is 1.83. The van der Waals surface area contributed by atoms with Crippen LogP contribution in [0.15, 0.2) is 12.2 Å². The van der Waals surface area contributed by atoms with E-state index in [1.165, 1.54) is 0 Å². The van der Waals surface area contributed by atoms with Crippen LogP contribution in [-0.2, 0) is 0 Å². The van der Waals surface area contributed by atoms with Gasteiger partial charge >= 0.3 is 0 Å². The van der Waals surface area contributed by atoms with Gasteiger partial charge in [0, 0.05) is 0 Å². The summed E-state index contributed by atoms with van der Waals surface area (Å²) in [5, 5.41) is 29.3. The van der Waals surface area contributed by atoms with Crippen molar-refractivity contribution in [2.45, 2.75) is 44.5 Å². The third-order valence-corrected chi connectivity index (χ3v) is 3.12. The Morgan fingerprint density at radius 3 is 2.46 bits per heavy atom. The van der Waals surface area contributed by atoms with E-state index in [0.717, 1.165) is 0 Å². The molecule has 3 nitrogen and oxygen atoms in total. The van der Waals surface area contributed by atoms with Crippen LogP contribution in [-0.4, -0.2) is 33.1 Å². The second-order valence-corrected chi connectivity index (χ2v) is 4.16. The van der Waals surface area contributed by atoms with E-state index in [1.807, 2.05) is 6.92 Å². The van der Waals surface area contributed by atoms with Gasteiger partial charge in [-0.3, -0.25) is 0 Å². The highest BCUT2D eigenvalue weighted by Gasteiger charge is 2.46. The molecule has 0 aromatic carbocycles. The molecule has 4 atom stereocenters. The molecule has 3 unspecified atom stereocenters. The fourth-order valence-corrected chi connectivity index (χ4v) is 1.83. The minimum absolute atomic E-state index is 0.0367. The second kappa shape index (κ2) is 3.40. The highest BCUT2D eigenvalue weighted by molar-refractivity contribution is 5.16. The molecule has 0 aliphatic heterocycles. The number of rotatable bonds is 1. The molecular weight excluding hydrogens is 168 g/mol. The van der Waals surface area contributed by atoms with Crippen molar-refractivity contribution < 1.29 is 15.3 Å². The Kier molecular flexibility index (Phi) is 2.80. The molecule has 0 radical (unpaired) electrons. The Morgan fingerprint density at radius 1 is 1.46 bits per heavy atom. The van der Waals surface area contributed by atoms with Crippen LogP contribution in [0.5, 0.6) is 0 Å². The summed E-state index contributed by atoms with van der Waals surface area (Å²) in [5.74, 6) is 0.0367. The second-order valence-electron chi connectivity index (χ2n) is 4.16. The lowest BCUT2D eigenvalue weighted by atomic mass is 9.72. The molecule has 0 saturated heterocycles. The van der Waals surface area contributed by atoms with Gasteiger partial charge in [0.15, 0.2) is 0 Å². The predicted molar refractivity (Wildman–Crippen MR) is 50.2 cm³/mol. The maximum absolute atomic E-state index is 10.00. The summed E-state index contributed by atoms with van der Waals surface area (Å²) in [7, 11) is 0. The van der Waals surface area contributed by atoms with E-state index in [1.54, 1.807) is 6.92 Å². The summed E-state index contributed by atoms with van der Waals surface area (Å²) in [6.07, 6.45) is -0.771. The molecule has 1 rings (SSSR count). The Morgan fingerprint density at radius 2 is 2.00 bits per heavy atom. The van der Waals surface area contributed by atoms with Crippen molar-refractivity contribution in [1.29, 1.82) is 0 Å². The lowest BCUT2D eigenvalue weighted by Gasteiger charge is -2.43. The molecule has 0 spiro atoms. The zero-order chi connectivity index (χ0) is 10.2. The smallest absolute Gasteiger partial charge is 0.113 e. The van der Waals surface area contributed by atoms with Gasteiger partial charge in [0.1, 0.15) is 11.7 Å². The molecule has 0 amide bonds. The SMILES string of the molecule is C=C(C)[C@]1(O)CCC(C)C(O)C1O. The Hall–Kier alpha value is -0.380. The van der Waals surface area contributed by atoms with Gasteiger partial charge < -0.3 is 15.3 Å². The lowest BCUT2D eigenvalue weighted by Crippen LogP contribution is -2.55. The maximum Gasteiger partial charge on any atom is 0.113 e. The zero-order valence-electron chi connectivity index (χ0n) is 8.20. The van der Waals surface area contributed by atoms with Crippen molar-refractivity contribution in [1.82, 2.24) is 0 Å².